The molecule has 3 aromatic rings. The van der Waals surface area contributed by atoms with Crippen molar-refractivity contribution in [1.29, 1.82) is 5.26 Å². The Balaban J connectivity index is 1.82. The number of carbonyl (C=O) groups excluding carboxylic acids is 1. The number of aromatic nitrogens is 2. The van der Waals surface area contributed by atoms with Gasteiger partial charge in [0.1, 0.15) is 23.9 Å². The number of nitrogens with one attached hydrogen (secondary N) is 2. The van der Waals surface area contributed by atoms with E-state index in [-0.39, 0.29) is 5.69 Å². The maximum absolute atomic E-state index is 12.5. The smallest absolute Gasteiger partial charge is 0.274 e. The molecule has 1 amide bonds. The van der Waals surface area contributed by atoms with Crippen LogP contribution < -0.4 is 10.6 Å². The third kappa shape index (κ3) is 3.68. The van der Waals surface area contributed by atoms with Gasteiger partial charge in [0.25, 0.3) is 5.91 Å². The minimum absolute atomic E-state index is 0.209. The highest BCUT2D eigenvalue weighted by atomic mass is 16.1. The number of aryl methyl sites for hydroxylation is 1. The fourth-order valence-electron chi connectivity index (χ4n) is 2.45. The van der Waals surface area contributed by atoms with Gasteiger partial charge in [-0.05, 0) is 43.2 Å². The maximum atomic E-state index is 12.5. The van der Waals surface area contributed by atoms with Crippen LogP contribution in [0.25, 0.3) is 0 Å². The van der Waals surface area contributed by atoms with E-state index in [9.17, 15) is 4.79 Å². The fourth-order valence-corrected chi connectivity index (χ4v) is 2.45. The van der Waals surface area contributed by atoms with Crippen molar-refractivity contribution in [2.75, 3.05) is 10.6 Å². The molecule has 0 aliphatic carbocycles. The second-order valence-corrected chi connectivity index (χ2v) is 5.77. The highest BCUT2D eigenvalue weighted by Gasteiger charge is 2.12. The first-order valence-corrected chi connectivity index (χ1v) is 8.04. The van der Waals surface area contributed by atoms with Crippen molar-refractivity contribution in [2.24, 2.45) is 0 Å². The van der Waals surface area contributed by atoms with Gasteiger partial charge in [-0.2, -0.15) is 5.26 Å². The van der Waals surface area contributed by atoms with Gasteiger partial charge in [0, 0.05) is 11.8 Å². The number of hydrogen-bond acceptors (Lipinski definition) is 5. The van der Waals surface area contributed by atoms with E-state index in [0.717, 1.165) is 16.8 Å². The highest BCUT2D eigenvalue weighted by molar-refractivity contribution is 6.03. The van der Waals surface area contributed by atoms with Crippen LogP contribution in [-0.2, 0) is 0 Å². The molecule has 2 N–H and O–H groups in total. The molecular formula is C20H17N5O. The molecule has 0 radical (unpaired) electrons. The summed E-state index contributed by atoms with van der Waals surface area (Å²) in [7, 11) is 0. The zero-order chi connectivity index (χ0) is 18.5. The minimum atomic E-state index is -0.404. The van der Waals surface area contributed by atoms with E-state index >= 15 is 0 Å². The van der Waals surface area contributed by atoms with Crippen LogP contribution in [0.15, 0.2) is 54.9 Å². The summed E-state index contributed by atoms with van der Waals surface area (Å²) >= 11 is 0. The Morgan fingerprint density at radius 1 is 1.04 bits per heavy atom. The lowest BCUT2D eigenvalue weighted by atomic mass is 10.1. The number of nitrogens with zero attached hydrogens (tertiary/aromatic N) is 3. The quantitative estimate of drug-likeness (QED) is 0.748. The molecule has 0 spiro atoms. The zero-order valence-electron chi connectivity index (χ0n) is 14.4. The number of anilines is 3. The summed E-state index contributed by atoms with van der Waals surface area (Å²) in [6, 6.07) is 16.4. The first-order valence-electron chi connectivity index (χ1n) is 8.04. The lowest BCUT2D eigenvalue weighted by Gasteiger charge is -2.11. The molecule has 0 aliphatic rings. The molecule has 1 aromatic heterocycles. The normalized spacial score (nSPS) is 10.0. The van der Waals surface area contributed by atoms with Crippen molar-refractivity contribution in [2.45, 2.75) is 13.8 Å². The Bertz CT molecular complexity index is 1010. The van der Waals surface area contributed by atoms with Gasteiger partial charge in [0.05, 0.1) is 11.3 Å². The van der Waals surface area contributed by atoms with Crippen molar-refractivity contribution in [1.82, 2.24) is 9.97 Å². The molecular weight excluding hydrogens is 326 g/mol. The van der Waals surface area contributed by atoms with Gasteiger partial charge < -0.3 is 10.6 Å². The van der Waals surface area contributed by atoms with Gasteiger partial charge in [0.2, 0.25) is 0 Å². The summed E-state index contributed by atoms with van der Waals surface area (Å²) < 4.78 is 0. The number of carbonyl (C=O) groups is 1. The van der Waals surface area contributed by atoms with Crippen LogP contribution in [-0.4, -0.2) is 15.9 Å². The predicted octanol–water partition coefficient (Wildman–Crippen LogP) is 3.96. The highest BCUT2D eigenvalue weighted by Crippen LogP contribution is 2.22. The topological polar surface area (TPSA) is 90.7 Å². The van der Waals surface area contributed by atoms with E-state index in [1.165, 1.54) is 6.33 Å². The van der Waals surface area contributed by atoms with Gasteiger partial charge in [-0.15, -0.1) is 0 Å². The summed E-state index contributed by atoms with van der Waals surface area (Å²) in [5.74, 6) is 0.117. The van der Waals surface area contributed by atoms with Crippen molar-refractivity contribution >= 4 is 23.1 Å². The Labute approximate surface area is 151 Å². The first-order chi connectivity index (χ1) is 12.6. The van der Waals surface area contributed by atoms with Gasteiger partial charge >= 0.3 is 0 Å². The number of benzene rings is 2. The Morgan fingerprint density at radius 2 is 1.81 bits per heavy atom. The Hall–Kier alpha value is -3.72. The molecule has 1 heterocycles. The lowest BCUT2D eigenvalue weighted by Crippen LogP contribution is -2.15. The van der Waals surface area contributed by atoms with Crippen LogP contribution in [0, 0.1) is 25.2 Å². The molecule has 2 aromatic carbocycles. The summed E-state index contributed by atoms with van der Waals surface area (Å²) in [6.45, 7) is 4.05. The molecule has 0 atom stereocenters. The number of amides is 1. The third-order valence-corrected chi connectivity index (χ3v) is 4.06. The molecule has 0 fully saturated rings. The zero-order valence-corrected chi connectivity index (χ0v) is 14.4. The second-order valence-electron chi connectivity index (χ2n) is 5.77. The Kier molecular flexibility index (Phi) is 4.90. The van der Waals surface area contributed by atoms with Gasteiger partial charge in [0.15, 0.2) is 0 Å². The number of para-hydroxylation sites is 1. The van der Waals surface area contributed by atoms with Crippen molar-refractivity contribution in [3.8, 4) is 6.07 Å². The van der Waals surface area contributed by atoms with Crippen LogP contribution in [0.5, 0.6) is 0 Å². The van der Waals surface area contributed by atoms with E-state index in [1.807, 2.05) is 38.1 Å². The SMILES string of the molecule is Cc1cccc(Nc2cc(C(=O)Nc3ccccc3C#N)ncn2)c1C. The third-order valence-electron chi connectivity index (χ3n) is 4.06. The van der Waals surface area contributed by atoms with Crippen LogP contribution in [0.4, 0.5) is 17.2 Å². The summed E-state index contributed by atoms with van der Waals surface area (Å²) in [4.78, 5) is 20.7. The second kappa shape index (κ2) is 7.45. The van der Waals surface area contributed by atoms with Gasteiger partial charge in [-0.25, -0.2) is 9.97 Å². The summed E-state index contributed by atoms with van der Waals surface area (Å²) in [6.07, 6.45) is 1.33. The van der Waals surface area contributed by atoms with Gasteiger partial charge in [-0.3, -0.25) is 4.79 Å². The van der Waals surface area contributed by atoms with Crippen LogP contribution in [0.1, 0.15) is 27.2 Å². The number of rotatable bonds is 4. The molecule has 26 heavy (non-hydrogen) atoms. The predicted molar refractivity (Wildman–Crippen MR) is 100 cm³/mol. The van der Waals surface area contributed by atoms with Crippen molar-refractivity contribution in [3.63, 3.8) is 0 Å². The van der Waals surface area contributed by atoms with Crippen LogP contribution in [0.3, 0.4) is 0 Å². The van der Waals surface area contributed by atoms with Crippen molar-refractivity contribution < 1.29 is 4.79 Å². The van der Waals surface area contributed by atoms with Gasteiger partial charge in [-0.1, -0.05) is 24.3 Å². The van der Waals surface area contributed by atoms with E-state index in [2.05, 4.69) is 20.6 Å². The molecule has 6 nitrogen and oxygen atoms in total. The lowest BCUT2D eigenvalue weighted by molar-refractivity contribution is 0.102. The van der Waals surface area contributed by atoms with Crippen molar-refractivity contribution in [3.05, 3.63) is 77.2 Å². The minimum Gasteiger partial charge on any atom is -0.340 e. The monoisotopic (exact) mass is 343 g/mol. The van der Waals surface area contributed by atoms with E-state index in [4.69, 9.17) is 5.26 Å². The summed E-state index contributed by atoms with van der Waals surface area (Å²) in [5, 5.41) is 15.0. The molecule has 6 heteroatoms. The molecule has 0 saturated carbocycles. The fraction of sp³-hybridized carbons (Fsp3) is 0.100. The van der Waals surface area contributed by atoms with Crippen LogP contribution in [0.2, 0.25) is 0 Å². The average Bonchev–Trinajstić information content (AvgIpc) is 2.66. The van der Waals surface area contributed by atoms with E-state index in [0.29, 0.717) is 17.1 Å². The largest absolute Gasteiger partial charge is 0.340 e. The van der Waals surface area contributed by atoms with E-state index in [1.54, 1.807) is 30.3 Å². The maximum Gasteiger partial charge on any atom is 0.274 e. The van der Waals surface area contributed by atoms with E-state index < -0.39 is 5.91 Å². The number of nitriles is 1. The molecule has 3 rings (SSSR count). The molecule has 0 saturated heterocycles. The standard InChI is InChI=1S/C20H17N5O/c1-13-6-5-9-16(14(13)2)24-19-10-18(22-12-23-19)20(26)25-17-8-4-3-7-15(17)11-21/h3-10,12H,1-2H3,(H,25,26)(H,22,23,24). The molecule has 128 valence electrons. The molecule has 0 aliphatic heterocycles. The summed E-state index contributed by atoms with van der Waals surface area (Å²) in [5.41, 5.74) is 4.24. The number of hydrogen-bond donors (Lipinski definition) is 2. The average molecular weight is 343 g/mol. The Morgan fingerprint density at radius 3 is 2.62 bits per heavy atom. The molecule has 0 bridgehead atoms. The van der Waals surface area contributed by atoms with Crippen LogP contribution >= 0.6 is 0 Å². The first kappa shape index (κ1) is 17.1. The molecule has 0 unspecified atom stereocenters.